The molecule has 6 heteroatoms. The molecule has 194 valence electrons. The van der Waals surface area contributed by atoms with Gasteiger partial charge in [-0.15, -0.1) is 0 Å². The highest BCUT2D eigenvalue weighted by molar-refractivity contribution is 7.86. The maximum Gasteiger partial charge on any atom is 0.264 e. The van der Waals surface area contributed by atoms with Crippen LogP contribution < -0.4 is 0 Å². The largest absolute Gasteiger partial charge is 0.349 e. The highest BCUT2D eigenvalue weighted by Gasteiger charge is 2.69. The molecule has 6 rings (SSSR count). The van der Waals surface area contributed by atoms with Crippen LogP contribution in [-0.4, -0.2) is 39.3 Å². The van der Waals surface area contributed by atoms with E-state index in [4.69, 9.17) is 13.7 Å². The van der Waals surface area contributed by atoms with Crippen LogP contribution in [0.2, 0.25) is 0 Å². The minimum Gasteiger partial charge on any atom is -0.349 e. The number of rotatable bonds is 2. The fraction of sp³-hybridized carbons (Fsp3) is 1.00. The lowest BCUT2D eigenvalue weighted by Gasteiger charge is -2.61. The minimum atomic E-state index is -3.38. The Kier molecular flexibility index (Phi) is 5.63. The van der Waals surface area contributed by atoms with Gasteiger partial charge < -0.3 is 9.47 Å². The molecule has 0 amide bonds. The van der Waals surface area contributed by atoms with Gasteiger partial charge in [-0.05, 0) is 104 Å². The Morgan fingerprint density at radius 1 is 0.882 bits per heavy atom. The van der Waals surface area contributed by atoms with E-state index in [1.54, 1.807) is 0 Å². The fourth-order valence-electron chi connectivity index (χ4n) is 10.6. The summed E-state index contributed by atoms with van der Waals surface area (Å²) in [7, 11) is -3.38. The van der Waals surface area contributed by atoms with E-state index in [1.165, 1.54) is 44.8 Å². The predicted molar refractivity (Wildman–Crippen MR) is 131 cm³/mol. The van der Waals surface area contributed by atoms with Crippen molar-refractivity contribution in [1.29, 1.82) is 0 Å². The maximum absolute atomic E-state index is 11.7. The zero-order valence-electron chi connectivity index (χ0n) is 21.9. The van der Waals surface area contributed by atoms with Crippen molar-refractivity contribution in [3.8, 4) is 0 Å². The first kappa shape index (κ1) is 24.2. The monoisotopic (exact) mass is 494 g/mol. The molecule has 6 aliphatic rings. The summed E-state index contributed by atoms with van der Waals surface area (Å²) >= 11 is 0. The van der Waals surface area contributed by atoms with E-state index >= 15 is 0 Å². The van der Waals surface area contributed by atoms with Crippen LogP contribution in [0, 0.1) is 52.3 Å². The third-order valence-corrected chi connectivity index (χ3v) is 12.8. The standard InChI is InChI=1S/C28H46O5S/c1-17-8-13-28(31-16-17)18(2)25-24(32-28)15-23-21-7-6-19-14-20(33-34(5,29)30)9-11-26(19,3)22(21)10-12-27(23,25)4/h17-25H,6-16H2,1-5H3/t17-,18-,19?,20-,21?,22?,23?,24?,25?,26-,27-,28?/m0/s1. The molecule has 2 heterocycles. The average molecular weight is 495 g/mol. The van der Waals surface area contributed by atoms with E-state index in [0.717, 1.165) is 50.0 Å². The molecule has 0 bridgehead atoms. The summed E-state index contributed by atoms with van der Waals surface area (Å²) in [5.41, 5.74) is 0.691. The highest BCUT2D eigenvalue weighted by atomic mass is 32.2. The van der Waals surface area contributed by atoms with Crippen molar-refractivity contribution in [1.82, 2.24) is 0 Å². The average Bonchev–Trinajstić information content (AvgIpc) is 3.20. The highest BCUT2D eigenvalue weighted by Crippen LogP contribution is 2.71. The van der Waals surface area contributed by atoms with Crippen LogP contribution in [0.25, 0.3) is 0 Å². The van der Waals surface area contributed by atoms with Crippen LogP contribution in [-0.2, 0) is 23.8 Å². The van der Waals surface area contributed by atoms with E-state index in [-0.39, 0.29) is 11.9 Å². The molecule has 5 nitrogen and oxygen atoms in total. The zero-order chi connectivity index (χ0) is 24.1. The van der Waals surface area contributed by atoms with E-state index < -0.39 is 10.1 Å². The fourth-order valence-corrected chi connectivity index (χ4v) is 11.2. The van der Waals surface area contributed by atoms with Crippen LogP contribution in [0.1, 0.15) is 91.9 Å². The maximum atomic E-state index is 11.7. The van der Waals surface area contributed by atoms with Gasteiger partial charge in [-0.1, -0.05) is 27.7 Å². The number of fused-ring (bicyclic) bond motifs is 7. The van der Waals surface area contributed by atoms with Crippen LogP contribution in [0.3, 0.4) is 0 Å². The molecular formula is C28H46O5S. The molecule has 34 heavy (non-hydrogen) atoms. The Bertz CT molecular complexity index is 910. The summed E-state index contributed by atoms with van der Waals surface area (Å²) in [6, 6.07) is 0. The number of ether oxygens (including phenoxy) is 2. The van der Waals surface area contributed by atoms with Crippen LogP contribution >= 0.6 is 0 Å². The van der Waals surface area contributed by atoms with Crippen molar-refractivity contribution in [3.63, 3.8) is 0 Å². The molecule has 4 saturated carbocycles. The van der Waals surface area contributed by atoms with Gasteiger partial charge in [0.15, 0.2) is 5.79 Å². The van der Waals surface area contributed by atoms with Gasteiger partial charge in [0.2, 0.25) is 0 Å². The van der Waals surface area contributed by atoms with Gasteiger partial charge in [0.05, 0.1) is 25.1 Å². The predicted octanol–water partition coefficient (Wildman–Crippen LogP) is 5.78. The summed E-state index contributed by atoms with van der Waals surface area (Å²) in [5.74, 6) is 4.32. The van der Waals surface area contributed by atoms with Gasteiger partial charge in [-0.2, -0.15) is 8.42 Å². The smallest absolute Gasteiger partial charge is 0.264 e. The van der Waals surface area contributed by atoms with E-state index in [1.807, 2.05) is 0 Å². The molecule has 0 aromatic carbocycles. The van der Waals surface area contributed by atoms with Crippen molar-refractivity contribution in [2.24, 2.45) is 52.3 Å². The van der Waals surface area contributed by atoms with Gasteiger partial charge in [-0.25, -0.2) is 0 Å². The van der Waals surface area contributed by atoms with Gasteiger partial charge >= 0.3 is 0 Å². The molecule has 0 aromatic heterocycles. The third kappa shape index (κ3) is 3.51. The molecule has 0 radical (unpaired) electrons. The van der Waals surface area contributed by atoms with Crippen LogP contribution in [0.15, 0.2) is 0 Å². The molecule has 4 aliphatic carbocycles. The van der Waals surface area contributed by atoms with Crippen molar-refractivity contribution < 1.29 is 22.1 Å². The van der Waals surface area contributed by atoms with Crippen LogP contribution in [0.4, 0.5) is 0 Å². The second-order valence-electron chi connectivity index (χ2n) is 13.9. The molecule has 2 saturated heterocycles. The lowest BCUT2D eigenvalue weighted by molar-refractivity contribution is -0.273. The lowest BCUT2D eigenvalue weighted by Crippen LogP contribution is -2.55. The van der Waals surface area contributed by atoms with Crippen molar-refractivity contribution in [2.45, 2.75) is 110 Å². The summed E-state index contributed by atoms with van der Waals surface area (Å²) in [4.78, 5) is 0. The van der Waals surface area contributed by atoms with Gasteiger partial charge in [-0.3, -0.25) is 4.18 Å². The van der Waals surface area contributed by atoms with Crippen molar-refractivity contribution >= 4 is 10.1 Å². The minimum absolute atomic E-state index is 0.118. The number of hydrogen-bond acceptors (Lipinski definition) is 5. The lowest BCUT2D eigenvalue weighted by atomic mass is 9.44. The van der Waals surface area contributed by atoms with Gasteiger partial charge in [0.1, 0.15) is 0 Å². The molecule has 0 N–H and O–H groups in total. The molecule has 0 aromatic rings. The van der Waals surface area contributed by atoms with Gasteiger partial charge in [0, 0.05) is 12.3 Å². The molecule has 6 fully saturated rings. The second kappa shape index (κ2) is 7.91. The van der Waals surface area contributed by atoms with Crippen molar-refractivity contribution in [3.05, 3.63) is 0 Å². The summed E-state index contributed by atoms with van der Waals surface area (Å²) in [6.45, 7) is 10.7. The molecular weight excluding hydrogens is 448 g/mol. The van der Waals surface area contributed by atoms with E-state index in [0.29, 0.717) is 40.6 Å². The van der Waals surface area contributed by atoms with Gasteiger partial charge in [0.25, 0.3) is 10.1 Å². The Balaban J connectivity index is 1.20. The first-order valence-electron chi connectivity index (χ1n) is 14.2. The topological polar surface area (TPSA) is 61.8 Å². The first-order chi connectivity index (χ1) is 16.0. The quantitative estimate of drug-likeness (QED) is 0.456. The Morgan fingerprint density at radius 2 is 1.65 bits per heavy atom. The van der Waals surface area contributed by atoms with Crippen molar-refractivity contribution in [2.75, 3.05) is 12.9 Å². The third-order valence-electron chi connectivity index (χ3n) is 12.2. The summed E-state index contributed by atoms with van der Waals surface area (Å²) in [6.07, 6.45) is 13.0. The molecule has 1 spiro atoms. The second-order valence-corrected chi connectivity index (χ2v) is 15.5. The van der Waals surface area contributed by atoms with E-state index in [2.05, 4.69) is 27.7 Å². The first-order valence-corrected chi connectivity index (χ1v) is 16.0. The summed E-state index contributed by atoms with van der Waals surface area (Å²) in [5, 5.41) is 0. The Morgan fingerprint density at radius 3 is 2.35 bits per heavy atom. The molecule has 7 unspecified atom stereocenters. The number of hydrogen-bond donors (Lipinski definition) is 0. The van der Waals surface area contributed by atoms with E-state index in [9.17, 15) is 8.42 Å². The van der Waals surface area contributed by atoms with Crippen LogP contribution in [0.5, 0.6) is 0 Å². The molecule has 12 atom stereocenters. The Labute approximate surface area is 207 Å². The SMILES string of the molecule is C[C@H]1CCC2(OC1)OC1CC3C4CCC5C[C@@H](OS(C)(=O)=O)CC[C@]5(C)C4CC[C@]3(C)C1[C@@H]2C. The Hall–Kier alpha value is -0.170. The molecule has 2 aliphatic heterocycles. The summed E-state index contributed by atoms with van der Waals surface area (Å²) < 4.78 is 42.3. The zero-order valence-corrected chi connectivity index (χ0v) is 22.7. The normalized spacial score (nSPS) is 57.0.